The Morgan fingerprint density at radius 1 is 1.36 bits per heavy atom. The maximum Gasteiger partial charge on any atom is 0.151 e. The van der Waals surface area contributed by atoms with Crippen molar-refractivity contribution in [2.75, 3.05) is 18.0 Å². The van der Waals surface area contributed by atoms with E-state index in [4.69, 9.17) is 5.73 Å². The van der Waals surface area contributed by atoms with Gasteiger partial charge in [0.25, 0.3) is 0 Å². The van der Waals surface area contributed by atoms with Crippen LogP contribution in [0.4, 0.5) is 5.82 Å². The fraction of sp³-hybridized carbons (Fsp3) is 0.600. The van der Waals surface area contributed by atoms with Gasteiger partial charge in [-0.15, -0.1) is 5.10 Å². The van der Waals surface area contributed by atoms with Crippen molar-refractivity contribution in [3.63, 3.8) is 0 Å². The van der Waals surface area contributed by atoms with Gasteiger partial charge in [-0.1, -0.05) is 0 Å². The van der Waals surface area contributed by atoms with Crippen LogP contribution in [0.2, 0.25) is 0 Å². The normalized spacial score (nSPS) is 10.6. The molecule has 0 aromatic carbocycles. The standard InChI is InChI=1S/C10H18N4/c1-8(2)14(7-6-11)10-5-4-9(3)12-13-10/h4-5,8H,6-7,11H2,1-3H3. The van der Waals surface area contributed by atoms with E-state index in [0.29, 0.717) is 12.6 Å². The third-order valence-corrected chi connectivity index (χ3v) is 2.07. The molecular weight excluding hydrogens is 176 g/mol. The molecule has 0 spiro atoms. The van der Waals surface area contributed by atoms with Crippen molar-refractivity contribution >= 4 is 5.82 Å². The van der Waals surface area contributed by atoms with Gasteiger partial charge in [0.1, 0.15) is 0 Å². The molecule has 14 heavy (non-hydrogen) atoms. The van der Waals surface area contributed by atoms with Crippen molar-refractivity contribution in [2.24, 2.45) is 5.73 Å². The van der Waals surface area contributed by atoms with Gasteiger partial charge in [-0.3, -0.25) is 0 Å². The third kappa shape index (κ3) is 2.67. The second-order valence-electron chi connectivity index (χ2n) is 3.61. The Balaban J connectivity index is 2.82. The monoisotopic (exact) mass is 194 g/mol. The van der Waals surface area contributed by atoms with Crippen molar-refractivity contribution < 1.29 is 0 Å². The first kappa shape index (κ1) is 10.9. The summed E-state index contributed by atoms with van der Waals surface area (Å²) in [4.78, 5) is 2.15. The van der Waals surface area contributed by atoms with Gasteiger partial charge in [-0.25, -0.2) is 0 Å². The molecule has 0 aliphatic carbocycles. The number of nitrogens with two attached hydrogens (primary N) is 1. The predicted molar refractivity (Wildman–Crippen MR) is 58.3 cm³/mol. The molecule has 4 heteroatoms. The lowest BCUT2D eigenvalue weighted by Crippen LogP contribution is -2.36. The highest BCUT2D eigenvalue weighted by Crippen LogP contribution is 2.11. The molecule has 0 saturated heterocycles. The molecule has 78 valence electrons. The van der Waals surface area contributed by atoms with Gasteiger partial charge in [-0.05, 0) is 32.9 Å². The molecule has 0 amide bonds. The van der Waals surface area contributed by atoms with Gasteiger partial charge in [0.2, 0.25) is 0 Å². The summed E-state index contributed by atoms with van der Waals surface area (Å²) in [6.45, 7) is 7.62. The third-order valence-electron chi connectivity index (χ3n) is 2.07. The molecule has 0 aliphatic rings. The van der Waals surface area contributed by atoms with Gasteiger partial charge in [0, 0.05) is 19.1 Å². The SMILES string of the molecule is Cc1ccc(N(CCN)C(C)C)nn1. The van der Waals surface area contributed by atoms with E-state index in [1.165, 1.54) is 0 Å². The topological polar surface area (TPSA) is 55.0 Å². The summed E-state index contributed by atoms with van der Waals surface area (Å²) in [5.74, 6) is 0.899. The van der Waals surface area contributed by atoms with Crippen LogP contribution in [0.25, 0.3) is 0 Å². The van der Waals surface area contributed by atoms with Crippen LogP contribution < -0.4 is 10.6 Å². The number of rotatable bonds is 4. The van der Waals surface area contributed by atoms with Gasteiger partial charge in [0.15, 0.2) is 5.82 Å². The number of aromatic nitrogens is 2. The molecule has 0 saturated carbocycles. The molecular formula is C10H18N4. The first-order chi connectivity index (χ1) is 6.65. The van der Waals surface area contributed by atoms with Gasteiger partial charge >= 0.3 is 0 Å². The van der Waals surface area contributed by atoms with Crippen LogP contribution in [0.1, 0.15) is 19.5 Å². The molecule has 1 aromatic heterocycles. The quantitative estimate of drug-likeness (QED) is 0.775. The van der Waals surface area contributed by atoms with Gasteiger partial charge in [0.05, 0.1) is 5.69 Å². The average molecular weight is 194 g/mol. The minimum absolute atomic E-state index is 0.399. The number of hydrogen-bond acceptors (Lipinski definition) is 4. The van der Waals surface area contributed by atoms with E-state index in [1.54, 1.807) is 0 Å². The van der Waals surface area contributed by atoms with E-state index in [1.807, 2.05) is 19.1 Å². The van der Waals surface area contributed by atoms with Crippen molar-refractivity contribution in [2.45, 2.75) is 26.8 Å². The summed E-state index contributed by atoms with van der Waals surface area (Å²) >= 11 is 0. The first-order valence-corrected chi connectivity index (χ1v) is 4.92. The largest absolute Gasteiger partial charge is 0.351 e. The van der Waals surface area contributed by atoms with E-state index in [-0.39, 0.29) is 0 Å². The fourth-order valence-electron chi connectivity index (χ4n) is 1.32. The molecule has 2 N–H and O–H groups in total. The summed E-state index contributed by atoms with van der Waals surface area (Å²) in [5, 5.41) is 8.17. The van der Waals surface area contributed by atoms with Crippen LogP contribution in [0.5, 0.6) is 0 Å². The molecule has 1 aromatic rings. The predicted octanol–water partition coefficient (Wildman–Crippen LogP) is 0.959. The van der Waals surface area contributed by atoms with E-state index in [0.717, 1.165) is 18.1 Å². The second kappa shape index (κ2) is 4.91. The van der Waals surface area contributed by atoms with E-state index in [2.05, 4.69) is 28.9 Å². The highest BCUT2D eigenvalue weighted by atomic mass is 15.3. The van der Waals surface area contributed by atoms with Crippen molar-refractivity contribution in [3.8, 4) is 0 Å². The number of nitrogens with zero attached hydrogens (tertiary/aromatic N) is 3. The van der Waals surface area contributed by atoms with Crippen LogP contribution in [0.3, 0.4) is 0 Å². The van der Waals surface area contributed by atoms with Crippen molar-refractivity contribution in [1.29, 1.82) is 0 Å². The van der Waals surface area contributed by atoms with Gasteiger partial charge in [-0.2, -0.15) is 5.10 Å². The maximum atomic E-state index is 5.54. The lowest BCUT2D eigenvalue weighted by molar-refractivity contribution is 0.667. The second-order valence-corrected chi connectivity index (χ2v) is 3.61. The zero-order chi connectivity index (χ0) is 10.6. The first-order valence-electron chi connectivity index (χ1n) is 4.92. The molecule has 1 heterocycles. The van der Waals surface area contributed by atoms with E-state index < -0.39 is 0 Å². The molecule has 0 radical (unpaired) electrons. The highest BCUT2D eigenvalue weighted by Gasteiger charge is 2.10. The molecule has 0 unspecified atom stereocenters. The molecule has 0 bridgehead atoms. The number of hydrogen-bond donors (Lipinski definition) is 1. The summed E-state index contributed by atoms with van der Waals surface area (Å²) in [6, 6.07) is 4.35. The Morgan fingerprint density at radius 3 is 2.50 bits per heavy atom. The van der Waals surface area contributed by atoms with Crippen molar-refractivity contribution in [1.82, 2.24) is 10.2 Å². The Kier molecular flexibility index (Phi) is 3.83. The van der Waals surface area contributed by atoms with Crippen LogP contribution in [-0.4, -0.2) is 29.3 Å². The minimum Gasteiger partial charge on any atom is -0.351 e. The molecule has 4 nitrogen and oxygen atoms in total. The number of aryl methyl sites for hydroxylation is 1. The molecule has 0 atom stereocenters. The van der Waals surface area contributed by atoms with Crippen LogP contribution >= 0.6 is 0 Å². The molecule has 0 aliphatic heterocycles. The van der Waals surface area contributed by atoms with Crippen LogP contribution in [0.15, 0.2) is 12.1 Å². The lowest BCUT2D eigenvalue weighted by Gasteiger charge is -2.26. The minimum atomic E-state index is 0.399. The van der Waals surface area contributed by atoms with E-state index in [9.17, 15) is 0 Å². The van der Waals surface area contributed by atoms with Crippen LogP contribution in [-0.2, 0) is 0 Å². The summed E-state index contributed by atoms with van der Waals surface area (Å²) < 4.78 is 0. The maximum absolute atomic E-state index is 5.54. The summed E-state index contributed by atoms with van der Waals surface area (Å²) in [7, 11) is 0. The van der Waals surface area contributed by atoms with Crippen LogP contribution in [0, 0.1) is 6.92 Å². The molecule has 1 rings (SSSR count). The highest BCUT2D eigenvalue weighted by molar-refractivity contribution is 5.38. The molecule has 0 fully saturated rings. The Hall–Kier alpha value is -1.16. The van der Waals surface area contributed by atoms with E-state index >= 15 is 0 Å². The summed E-state index contributed by atoms with van der Waals surface area (Å²) in [5.41, 5.74) is 6.48. The zero-order valence-electron chi connectivity index (χ0n) is 9.07. The average Bonchev–Trinajstić information content (AvgIpc) is 2.15. The Labute approximate surface area is 85.1 Å². The van der Waals surface area contributed by atoms with Gasteiger partial charge < -0.3 is 10.6 Å². The van der Waals surface area contributed by atoms with Crippen molar-refractivity contribution in [3.05, 3.63) is 17.8 Å². The number of anilines is 1. The Bertz CT molecular complexity index is 268. The fourth-order valence-corrected chi connectivity index (χ4v) is 1.32. The summed E-state index contributed by atoms with van der Waals surface area (Å²) in [6.07, 6.45) is 0. The smallest absolute Gasteiger partial charge is 0.151 e. The Morgan fingerprint density at radius 2 is 2.07 bits per heavy atom. The zero-order valence-corrected chi connectivity index (χ0v) is 9.07. The lowest BCUT2D eigenvalue weighted by atomic mass is 10.3.